The Morgan fingerprint density at radius 3 is 1.65 bits per heavy atom. The van der Waals surface area contributed by atoms with Gasteiger partial charge >= 0.3 is 0 Å². The lowest BCUT2D eigenvalue weighted by atomic mass is 9.99. The lowest BCUT2D eigenvalue weighted by Gasteiger charge is -2.18. The third kappa shape index (κ3) is 10.5. The zero-order valence-electron chi connectivity index (χ0n) is 30.2. The van der Waals surface area contributed by atoms with E-state index in [4.69, 9.17) is 47.6 Å². The highest BCUT2D eigenvalue weighted by Gasteiger charge is 2.21. The van der Waals surface area contributed by atoms with E-state index in [0.29, 0.717) is 28.6 Å². The van der Waals surface area contributed by atoms with Crippen LogP contribution in [-0.2, 0) is 0 Å². The molecule has 3 heterocycles. The number of methoxy groups -OCH3 is 2. The summed E-state index contributed by atoms with van der Waals surface area (Å²) in [4.78, 5) is 20.1. The molecule has 0 spiro atoms. The van der Waals surface area contributed by atoms with Crippen LogP contribution in [0.4, 0.5) is 23.5 Å². The summed E-state index contributed by atoms with van der Waals surface area (Å²) < 4.78 is 22.6. The maximum Gasteiger partial charge on any atom is 0.222 e. The van der Waals surface area contributed by atoms with Gasteiger partial charge in [-0.05, 0) is 43.0 Å². The van der Waals surface area contributed by atoms with Crippen molar-refractivity contribution >= 4 is 29.4 Å². The Kier molecular flexibility index (Phi) is 14.4. The second-order valence-electron chi connectivity index (χ2n) is 11.7. The number of nitrogens with one attached hydrogen (secondary N) is 1. The first-order valence-electron chi connectivity index (χ1n) is 16.3. The van der Waals surface area contributed by atoms with Crippen LogP contribution in [0.1, 0.15) is 75.1 Å². The summed E-state index contributed by atoms with van der Waals surface area (Å²) in [6, 6.07) is 9.34. The first-order chi connectivity index (χ1) is 24.4. The molecular formula is C35H48N12O4. The molecule has 51 heavy (non-hydrogen) atoms. The van der Waals surface area contributed by atoms with Gasteiger partial charge in [0.25, 0.3) is 0 Å². The van der Waals surface area contributed by atoms with Crippen molar-refractivity contribution in [2.24, 2.45) is 10.7 Å². The highest BCUT2D eigenvalue weighted by atomic mass is 16.5. The number of nitrogen functional groups attached to an aromatic ring is 4. The lowest BCUT2D eigenvalue weighted by molar-refractivity contribution is 0.409. The van der Waals surface area contributed by atoms with E-state index in [0.717, 1.165) is 54.3 Å². The Balaban J connectivity index is 0.000000251. The highest BCUT2D eigenvalue weighted by molar-refractivity contribution is 6.02. The topological polar surface area (TPSA) is 267 Å². The van der Waals surface area contributed by atoms with Gasteiger partial charge in [-0.2, -0.15) is 15.2 Å². The fourth-order valence-electron chi connectivity index (χ4n) is 4.61. The molecule has 11 N–H and O–H groups in total. The number of hydrogen-bond donors (Lipinski definition) is 6. The molecule has 4 aromatic rings. The molecular weight excluding hydrogens is 652 g/mol. The van der Waals surface area contributed by atoms with E-state index in [2.05, 4.69) is 57.1 Å². The average molecular weight is 701 g/mol. The molecule has 0 saturated heterocycles. The third-order valence-electron chi connectivity index (χ3n) is 7.29. The van der Waals surface area contributed by atoms with Crippen molar-refractivity contribution in [1.29, 1.82) is 5.26 Å². The van der Waals surface area contributed by atoms with Crippen LogP contribution in [-0.4, -0.2) is 59.6 Å². The van der Waals surface area contributed by atoms with Gasteiger partial charge in [0, 0.05) is 23.7 Å². The number of benzene rings is 2. The van der Waals surface area contributed by atoms with Crippen LogP contribution in [0.5, 0.6) is 34.5 Å². The number of anilines is 4. The molecule has 16 heteroatoms. The summed E-state index contributed by atoms with van der Waals surface area (Å²) >= 11 is 0. The zero-order valence-corrected chi connectivity index (χ0v) is 30.2. The minimum Gasteiger partial charge on any atom is -0.496 e. The van der Waals surface area contributed by atoms with Crippen molar-refractivity contribution < 1.29 is 18.9 Å². The van der Waals surface area contributed by atoms with Gasteiger partial charge in [-0.25, -0.2) is 9.97 Å². The molecule has 0 saturated carbocycles. The Bertz CT molecular complexity index is 1860. The number of rotatable bonds is 10. The Labute approximate surface area is 298 Å². The molecule has 1 aliphatic rings. The van der Waals surface area contributed by atoms with E-state index in [1.807, 2.05) is 26.0 Å². The summed E-state index contributed by atoms with van der Waals surface area (Å²) in [5, 5.41) is 12.5. The molecule has 0 unspecified atom stereocenters. The predicted molar refractivity (Wildman–Crippen MR) is 199 cm³/mol. The second-order valence-corrected chi connectivity index (χ2v) is 11.7. The molecule has 0 radical (unpaired) electrons. The maximum atomic E-state index is 9.21. The van der Waals surface area contributed by atoms with Gasteiger partial charge < -0.3 is 52.9 Å². The van der Waals surface area contributed by atoms with Gasteiger partial charge in [0.2, 0.25) is 11.9 Å². The van der Waals surface area contributed by atoms with Crippen molar-refractivity contribution in [1.82, 2.24) is 25.3 Å². The van der Waals surface area contributed by atoms with Crippen LogP contribution in [0.3, 0.4) is 0 Å². The number of ether oxygens (including phenoxy) is 4. The number of nitrogens with two attached hydrogens (primary N) is 5. The first-order valence-corrected chi connectivity index (χ1v) is 16.3. The largest absolute Gasteiger partial charge is 0.496 e. The van der Waals surface area contributed by atoms with E-state index in [1.54, 1.807) is 19.2 Å². The van der Waals surface area contributed by atoms with Gasteiger partial charge in [-0.3, -0.25) is 4.99 Å². The monoisotopic (exact) mass is 700 g/mol. The van der Waals surface area contributed by atoms with Gasteiger partial charge in [-0.15, -0.1) is 0 Å². The molecule has 0 aliphatic carbocycles. The Morgan fingerprint density at radius 1 is 0.765 bits per heavy atom. The molecule has 0 bridgehead atoms. The van der Waals surface area contributed by atoms with Crippen LogP contribution in [0.25, 0.3) is 0 Å². The SMILES string of the molecule is CCCN.COc1cc(C(C)C)c(Oc2cnc(N)nc2N)cc1C#N.COc1cc(C(C)C)c(Oc2cnc(N)nc2N)cc1C1=NCCN1. The van der Waals surface area contributed by atoms with Gasteiger partial charge in [0.05, 0.1) is 44.3 Å². The van der Waals surface area contributed by atoms with Crippen LogP contribution >= 0.6 is 0 Å². The highest BCUT2D eigenvalue weighted by Crippen LogP contribution is 2.39. The number of nitrogens with zero attached hydrogens (tertiary/aromatic N) is 6. The fraction of sp³-hybridized carbons (Fsp3) is 0.371. The summed E-state index contributed by atoms with van der Waals surface area (Å²) in [6.07, 6.45) is 3.97. The number of nitriles is 1. The van der Waals surface area contributed by atoms with Gasteiger partial charge in [-0.1, -0.05) is 34.6 Å². The minimum atomic E-state index is 0.0707. The maximum absolute atomic E-state index is 9.21. The molecule has 2 aromatic heterocycles. The summed E-state index contributed by atoms with van der Waals surface area (Å²) in [5.41, 5.74) is 30.8. The molecule has 0 atom stereocenters. The molecule has 5 rings (SSSR count). The van der Waals surface area contributed by atoms with Crippen molar-refractivity contribution in [3.8, 4) is 40.6 Å². The fourth-order valence-corrected chi connectivity index (χ4v) is 4.61. The van der Waals surface area contributed by atoms with Crippen molar-refractivity contribution in [3.05, 3.63) is 58.9 Å². The van der Waals surface area contributed by atoms with Crippen molar-refractivity contribution in [3.63, 3.8) is 0 Å². The van der Waals surface area contributed by atoms with E-state index >= 15 is 0 Å². The van der Waals surface area contributed by atoms with Crippen LogP contribution in [0.2, 0.25) is 0 Å². The van der Waals surface area contributed by atoms with Gasteiger partial charge in [0.1, 0.15) is 34.9 Å². The standard InChI is InChI=1S/C17H22N6O2.C15H17N5O2.C3H9N/c1-9(2)10-6-12(24-3)11(16-20-4-5-21-16)7-13(10)25-14-8-22-17(19)23-15(14)18;1-8(2)10-5-11(21-3)9(6-16)4-12(10)22-13-7-19-15(18)20-14(13)17;1-2-3-4/h6-9H,4-5H2,1-3H3,(H,20,21)(H4,18,19,22,23);4-5,7-8H,1-3H3,(H4,17,18,19,20);2-4H2,1H3. The van der Waals surface area contributed by atoms with E-state index in [1.165, 1.54) is 19.5 Å². The molecule has 272 valence electrons. The molecule has 2 aromatic carbocycles. The normalized spacial score (nSPS) is 11.7. The van der Waals surface area contributed by atoms with E-state index in [-0.39, 0.29) is 41.1 Å². The minimum absolute atomic E-state index is 0.0707. The molecule has 0 amide bonds. The van der Waals surface area contributed by atoms with Crippen molar-refractivity contribution in [2.75, 3.05) is 56.8 Å². The number of aliphatic imine (C=N–C) groups is 1. The summed E-state index contributed by atoms with van der Waals surface area (Å²) in [7, 11) is 3.16. The van der Waals surface area contributed by atoms with E-state index < -0.39 is 0 Å². The predicted octanol–water partition coefficient (Wildman–Crippen LogP) is 4.71. The quantitative estimate of drug-likeness (QED) is 0.131. The van der Waals surface area contributed by atoms with Crippen LogP contribution in [0, 0.1) is 11.3 Å². The zero-order chi connectivity index (χ0) is 37.7. The van der Waals surface area contributed by atoms with Crippen molar-refractivity contribution in [2.45, 2.75) is 52.9 Å². The molecule has 1 aliphatic heterocycles. The Hall–Kier alpha value is -6.08. The smallest absolute Gasteiger partial charge is 0.222 e. The summed E-state index contributed by atoms with van der Waals surface area (Å²) in [6.45, 7) is 12.6. The van der Waals surface area contributed by atoms with Gasteiger partial charge in [0.15, 0.2) is 23.1 Å². The molecule has 0 fully saturated rings. The number of amidine groups is 1. The average Bonchev–Trinajstić information content (AvgIpc) is 3.65. The second kappa shape index (κ2) is 18.6. The Morgan fingerprint density at radius 2 is 1.25 bits per heavy atom. The lowest BCUT2D eigenvalue weighted by Crippen LogP contribution is -2.20. The van der Waals surface area contributed by atoms with Crippen LogP contribution in [0.15, 0.2) is 41.7 Å². The number of aromatic nitrogens is 4. The summed E-state index contributed by atoms with van der Waals surface area (Å²) in [5.74, 6) is 4.71. The molecule has 16 nitrogen and oxygen atoms in total. The number of hydrogen-bond acceptors (Lipinski definition) is 16. The third-order valence-corrected chi connectivity index (χ3v) is 7.29. The van der Waals surface area contributed by atoms with E-state index in [9.17, 15) is 5.26 Å². The van der Waals surface area contributed by atoms with Crippen LogP contribution < -0.4 is 52.9 Å². The first kappa shape index (κ1) is 39.4.